The average molecular weight is 189 g/mol. The fraction of sp³-hybridized carbons (Fsp3) is 0.333. The summed E-state index contributed by atoms with van der Waals surface area (Å²) in [5.74, 6) is 1.05. The summed E-state index contributed by atoms with van der Waals surface area (Å²) in [5.41, 5.74) is 8.05. The maximum atomic E-state index is 5.44. The minimum Gasteiger partial charge on any atom is -0.493 e. The maximum Gasteiger partial charge on any atom is 0.122 e. The van der Waals surface area contributed by atoms with E-state index in [1.807, 2.05) is 6.08 Å². The van der Waals surface area contributed by atoms with Crippen LogP contribution in [0, 0.1) is 0 Å². The summed E-state index contributed by atoms with van der Waals surface area (Å²) in [6.45, 7) is 1.45. The van der Waals surface area contributed by atoms with Gasteiger partial charge < -0.3 is 10.5 Å². The fourth-order valence-electron chi connectivity index (χ4n) is 1.68. The fourth-order valence-corrected chi connectivity index (χ4v) is 1.68. The van der Waals surface area contributed by atoms with Crippen LogP contribution in [0.2, 0.25) is 0 Å². The molecular weight excluding hydrogens is 174 g/mol. The topological polar surface area (TPSA) is 35.2 Å². The Morgan fingerprint density at radius 2 is 2.29 bits per heavy atom. The van der Waals surface area contributed by atoms with Crippen molar-refractivity contribution in [3.05, 3.63) is 41.5 Å². The second-order valence-electron chi connectivity index (χ2n) is 3.45. The van der Waals surface area contributed by atoms with Crippen LogP contribution in [0.15, 0.2) is 30.4 Å². The molecule has 2 heteroatoms. The highest BCUT2D eigenvalue weighted by Crippen LogP contribution is 2.25. The monoisotopic (exact) mass is 189 g/mol. The predicted octanol–water partition coefficient (Wildman–Crippen LogP) is 1.68. The summed E-state index contributed by atoms with van der Waals surface area (Å²) in [5, 5.41) is 0. The van der Waals surface area contributed by atoms with E-state index in [0.717, 1.165) is 25.2 Å². The molecule has 1 aromatic rings. The molecule has 2 rings (SSSR count). The van der Waals surface area contributed by atoms with Gasteiger partial charge in [0.25, 0.3) is 0 Å². The Kier molecular flexibility index (Phi) is 2.84. The third kappa shape index (κ3) is 1.96. The lowest BCUT2D eigenvalue weighted by Crippen LogP contribution is -1.93. The van der Waals surface area contributed by atoms with E-state index < -0.39 is 0 Å². The molecule has 2 nitrogen and oxygen atoms in total. The molecule has 0 bridgehead atoms. The van der Waals surface area contributed by atoms with Gasteiger partial charge in [-0.05, 0) is 23.6 Å². The molecule has 0 unspecified atom stereocenters. The standard InChI is InChI=1S/C12H15NO/c13-7-2-1-3-10-4-5-12-11(9-10)6-8-14-12/h1-2,4-5,9H,3,6-8,13H2/b2-1+. The Balaban J connectivity index is 2.09. The first-order chi connectivity index (χ1) is 6.90. The van der Waals surface area contributed by atoms with Crippen molar-refractivity contribution >= 4 is 0 Å². The Morgan fingerprint density at radius 3 is 3.14 bits per heavy atom. The summed E-state index contributed by atoms with van der Waals surface area (Å²) in [6, 6.07) is 6.40. The molecule has 0 saturated carbocycles. The zero-order valence-electron chi connectivity index (χ0n) is 8.20. The van der Waals surface area contributed by atoms with E-state index in [2.05, 4.69) is 24.3 Å². The molecule has 2 N–H and O–H groups in total. The van der Waals surface area contributed by atoms with E-state index in [1.165, 1.54) is 11.1 Å². The number of hydrogen-bond donors (Lipinski definition) is 1. The van der Waals surface area contributed by atoms with Gasteiger partial charge in [0.15, 0.2) is 0 Å². The summed E-state index contributed by atoms with van der Waals surface area (Å²) in [7, 11) is 0. The highest BCUT2D eigenvalue weighted by atomic mass is 16.5. The zero-order chi connectivity index (χ0) is 9.80. The third-order valence-electron chi connectivity index (χ3n) is 2.41. The Bertz CT molecular complexity index is 344. The lowest BCUT2D eigenvalue weighted by molar-refractivity contribution is 0.357. The Hall–Kier alpha value is -1.28. The summed E-state index contributed by atoms with van der Waals surface area (Å²) >= 11 is 0. The summed E-state index contributed by atoms with van der Waals surface area (Å²) < 4.78 is 5.44. The molecule has 74 valence electrons. The second kappa shape index (κ2) is 4.29. The zero-order valence-corrected chi connectivity index (χ0v) is 8.20. The first-order valence-corrected chi connectivity index (χ1v) is 5.00. The highest BCUT2D eigenvalue weighted by molar-refractivity contribution is 5.40. The van der Waals surface area contributed by atoms with E-state index in [0.29, 0.717) is 6.54 Å². The van der Waals surface area contributed by atoms with Gasteiger partial charge in [-0.2, -0.15) is 0 Å². The molecule has 0 saturated heterocycles. The van der Waals surface area contributed by atoms with Gasteiger partial charge in [-0.3, -0.25) is 0 Å². The van der Waals surface area contributed by atoms with Crippen LogP contribution in [0.4, 0.5) is 0 Å². The molecule has 0 aliphatic carbocycles. The van der Waals surface area contributed by atoms with Gasteiger partial charge in [-0.1, -0.05) is 24.3 Å². The van der Waals surface area contributed by atoms with Crippen LogP contribution in [0.1, 0.15) is 11.1 Å². The van der Waals surface area contributed by atoms with Gasteiger partial charge in [-0.25, -0.2) is 0 Å². The average Bonchev–Trinajstić information content (AvgIpc) is 2.65. The molecule has 0 spiro atoms. The van der Waals surface area contributed by atoms with Crippen molar-refractivity contribution in [1.29, 1.82) is 0 Å². The van der Waals surface area contributed by atoms with Crippen molar-refractivity contribution < 1.29 is 4.74 Å². The minimum absolute atomic E-state index is 0.619. The summed E-state index contributed by atoms with van der Waals surface area (Å²) in [4.78, 5) is 0. The van der Waals surface area contributed by atoms with E-state index in [-0.39, 0.29) is 0 Å². The molecule has 0 aromatic heterocycles. The van der Waals surface area contributed by atoms with Crippen LogP contribution < -0.4 is 10.5 Å². The van der Waals surface area contributed by atoms with Crippen LogP contribution in [-0.2, 0) is 12.8 Å². The first kappa shape index (κ1) is 9.28. The van der Waals surface area contributed by atoms with Gasteiger partial charge in [0, 0.05) is 13.0 Å². The first-order valence-electron chi connectivity index (χ1n) is 5.00. The second-order valence-corrected chi connectivity index (χ2v) is 3.45. The van der Waals surface area contributed by atoms with Gasteiger partial charge in [-0.15, -0.1) is 0 Å². The molecule has 0 amide bonds. The van der Waals surface area contributed by atoms with Crippen molar-refractivity contribution in [2.75, 3.05) is 13.2 Å². The number of ether oxygens (including phenoxy) is 1. The van der Waals surface area contributed by atoms with Gasteiger partial charge in [0.2, 0.25) is 0 Å². The maximum absolute atomic E-state index is 5.44. The molecule has 0 radical (unpaired) electrons. The largest absolute Gasteiger partial charge is 0.493 e. The lowest BCUT2D eigenvalue weighted by atomic mass is 10.1. The van der Waals surface area contributed by atoms with Crippen LogP contribution in [0.5, 0.6) is 5.75 Å². The summed E-state index contributed by atoms with van der Waals surface area (Å²) in [6.07, 6.45) is 6.11. The quantitative estimate of drug-likeness (QED) is 0.734. The van der Waals surface area contributed by atoms with E-state index in [4.69, 9.17) is 10.5 Å². The molecule has 1 aromatic carbocycles. The van der Waals surface area contributed by atoms with E-state index in [1.54, 1.807) is 0 Å². The Labute approximate surface area is 84.4 Å². The van der Waals surface area contributed by atoms with E-state index in [9.17, 15) is 0 Å². The SMILES string of the molecule is NC/C=C/Cc1ccc2c(c1)CCO2. The Morgan fingerprint density at radius 1 is 1.36 bits per heavy atom. The molecule has 1 heterocycles. The van der Waals surface area contributed by atoms with Crippen LogP contribution in [0.25, 0.3) is 0 Å². The van der Waals surface area contributed by atoms with Crippen molar-refractivity contribution in [3.8, 4) is 5.75 Å². The molecule has 1 aliphatic heterocycles. The minimum atomic E-state index is 0.619. The normalized spacial score (nSPS) is 14.4. The number of allylic oxidation sites excluding steroid dienone is 1. The van der Waals surface area contributed by atoms with Crippen molar-refractivity contribution in [2.45, 2.75) is 12.8 Å². The smallest absolute Gasteiger partial charge is 0.122 e. The highest BCUT2D eigenvalue weighted by Gasteiger charge is 2.10. The molecule has 14 heavy (non-hydrogen) atoms. The third-order valence-corrected chi connectivity index (χ3v) is 2.41. The number of fused-ring (bicyclic) bond motifs is 1. The van der Waals surface area contributed by atoms with Gasteiger partial charge in [0.05, 0.1) is 6.61 Å². The number of hydrogen-bond acceptors (Lipinski definition) is 2. The van der Waals surface area contributed by atoms with Crippen molar-refractivity contribution in [3.63, 3.8) is 0 Å². The van der Waals surface area contributed by atoms with Gasteiger partial charge in [0.1, 0.15) is 5.75 Å². The van der Waals surface area contributed by atoms with Gasteiger partial charge >= 0.3 is 0 Å². The van der Waals surface area contributed by atoms with Crippen molar-refractivity contribution in [1.82, 2.24) is 0 Å². The molecule has 1 aliphatic rings. The number of nitrogens with two attached hydrogens (primary N) is 1. The van der Waals surface area contributed by atoms with Crippen LogP contribution in [0.3, 0.4) is 0 Å². The van der Waals surface area contributed by atoms with Crippen molar-refractivity contribution in [2.24, 2.45) is 5.73 Å². The molecular formula is C12H15NO. The number of rotatable bonds is 3. The lowest BCUT2D eigenvalue weighted by Gasteiger charge is -2.01. The predicted molar refractivity (Wildman–Crippen MR) is 57.5 cm³/mol. The number of benzene rings is 1. The molecule has 0 fully saturated rings. The molecule has 0 atom stereocenters. The van der Waals surface area contributed by atoms with Crippen LogP contribution >= 0.6 is 0 Å². The van der Waals surface area contributed by atoms with Crippen LogP contribution in [-0.4, -0.2) is 13.2 Å². The van der Waals surface area contributed by atoms with E-state index >= 15 is 0 Å².